The summed E-state index contributed by atoms with van der Waals surface area (Å²) in [4.78, 5) is 0. The predicted molar refractivity (Wildman–Crippen MR) is 46.0 cm³/mol. The lowest BCUT2D eigenvalue weighted by Gasteiger charge is -2.29. The number of piperidine rings is 1. The maximum Gasteiger partial charge on any atom is 0.131 e. The Morgan fingerprint density at radius 1 is 1.31 bits per heavy atom. The maximum absolute atomic E-state index is 14.0. The first-order chi connectivity index (χ1) is 6.29. The average molecular weight is 184 g/mol. The molecular formula is C8H13FN4. The van der Waals surface area contributed by atoms with Gasteiger partial charge in [0.15, 0.2) is 0 Å². The molecule has 1 N–H and O–H groups in total. The molecule has 0 unspecified atom stereocenters. The third-order valence-electron chi connectivity index (χ3n) is 2.43. The number of halogens is 1. The van der Waals surface area contributed by atoms with E-state index in [0.717, 1.165) is 13.1 Å². The fourth-order valence-electron chi connectivity index (χ4n) is 1.66. The summed E-state index contributed by atoms with van der Waals surface area (Å²) in [6.07, 6.45) is 4.27. The van der Waals surface area contributed by atoms with Gasteiger partial charge in [-0.25, -0.2) is 4.39 Å². The van der Waals surface area contributed by atoms with Gasteiger partial charge in [-0.15, -0.1) is 10.2 Å². The van der Waals surface area contributed by atoms with Gasteiger partial charge in [-0.05, 0) is 25.9 Å². The normalized spacial score (nSPS) is 21.6. The average Bonchev–Trinajstić information content (AvgIpc) is 2.57. The van der Waals surface area contributed by atoms with E-state index in [0.29, 0.717) is 19.4 Å². The van der Waals surface area contributed by atoms with Crippen LogP contribution in [0.2, 0.25) is 0 Å². The molecule has 0 atom stereocenters. The lowest BCUT2D eigenvalue weighted by atomic mass is 9.94. The van der Waals surface area contributed by atoms with E-state index in [1.807, 2.05) is 0 Å². The van der Waals surface area contributed by atoms with E-state index in [2.05, 4.69) is 15.5 Å². The molecule has 0 saturated carbocycles. The van der Waals surface area contributed by atoms with Gasteiger partial charge in [0.05, 0.1) is 6.54 Å². The van der Waals surface area contributed by atoms with Crippen LogP contribution < -0.4 is 5.32 Å². The summed E-state index contributed by atoms with van der Waals surface area (Å²) in [5.41, 5.74) is -1.08. The van der Waals surface area contributed by atoms with Gasteiger partial charge in [0.25, 0.3) is 0 Å². The second-order valence-corrected chi connectivity index (χ2v) is 3.54. The topological polar surface area (TPSA) is 42.7 Å². The highest BCUT2D eigenvalue weighted by Crippen LogP contribution is 2.24. The largest absolute Gasteiger partial charge is 0.317 e. The minimum Gasteiger partial charge on any atom is -0.317 e. The van der Waals surface area contributed by atoms with E-state index in [-0.39, 0.29) is 0 Å². The zero-order chi connectivity index (χ0) is 9.15. The zero-order valence-corrected chi connectivity index (χ0v) is 7.41. The summed E-state index contributed by atoms with van der Waals surface area (Å²) >= 11 is 0. The van der Waals surface area contributed by atoms with Crippen LogP contribution in [-0.2, 0) is 6.54 Å². The molecule has 0 aromatic carbocycles. The Labute approximate surface area is 76.2 Å². The Hall–Kier alpha value is -0.970. The number of nitrogens with one attached hydrogen (secondary N) is 1. The fourth-order valence-corrected chi connectivity index (χ4v) is 1.66. The number of rotatable bonds is 2. The molecule has 1 aromatic rings. The van der Waals surface area contributed by atoms with Crippen LogP contribution in [0, 0.1) is 0 Å². The number of nitrogens with zero attached hydrogens (tertiary/aromatic N) is 3. The lowest BCUT2D eigenvalue weighted by molar-refractivity contribution is 0.0938. The van der Waals surface area contributed by atoms with Gasteiger partial charge in [0.1, 0.15) is 18.3 Å². The van der Waals surface area contributed by atoms with E-state index >= 15 is 0 Å². The summed E-state index contributed by atoms with van der Waals surface area (Å²) in [6.45, 7) is 1.90. The summed E-state index contributed by atoms with van der Waals surface area (Å²) in [5.74, 6) is 0. The Morgan fingerprint density at radius 3 is 2.54 bits per heavy atom. The van der Waals surface area contributed by atoms with E-state index < -0.39 is 5.67 Å². The third-order valence-corrected chi connectivity index (χ3v) is 2.43. The third kappa shape index (κ3) is 2.03. The highest BCUT2D eigenvalue weighted by molar-refractivity contribution is 4.85. The van der Waals surface area contributed by atoms with Crippen LogP contribution in [0.25, 0.3) is 0 Å². The van der Waals surface area contributed by atoms with Gasteiger partial charge >= 0.3 is 0 Å². The number of hydrogen-bond donors (Lipinski definition) is 1. The summed E-state index contributed by atoms with van der Waals surface area (Å²) in [5, 5.41) is 10.4. The van der Waals surface area contributed by atoms with Crippen LogP contribution in [0.1, 0.15) is 12.8 Å². The van der Waals surface area contributed by atoms with Crippen molar-refractivity contribution in [2.45, 2.75) is 25.1 Å². The van der Waals surface area contributed by atoms with Gasteiger partial charge in [-0.2, -0.15) is 0 Å². The lowest BCUT2D eigenvalue weighted by Crippen LogP contribution is -2.41. The molecule has 0 spiro atoms. The Kier molecular flexibility index (Phi) is 2.26. The molecule has 0 bridgehead atoms. The van der Waals surface area contributed by atoms with Gasteiger partial charge in [0, 0.05) is 0 Å². The molecule has 1 saturated heterocycles. The standard InChI is InChI=1S/C8H13FN4/c9-8(1-3-10-4-2-8)5-13-6-11-12-7-13/h6-7,10H,1-5H2. The molecular weight excluding hydrogens is 171 g/mol. The van der Waals surface area contributed by atoms with Crippen molar-refractivity contribution < 1.29 is 4.39 Å². The highest BCUT2D eigenvalue weighted by Gasteiger charge is 2.31. The molecule has 2 heterocycles. The Balaban J connectivity index is 1.99. The second-order valence-electron chi connectivity index (χ2n) is 3.54. The van der Waals surface area contributed by atoms with Gasteiger partial charge < -0.3 is 9.88 Å². The predicted octanol–water partition coefficient (Wildman–Crippen LogP) is 0.370. The van der Waals surface area contributed by atoms with Crippen molar-refractivity contribution in [3.63, 3.8) is 0 Å². The number of hydrogen-bond acceptors (Lipinski definition) is 3. The summed E-state index contributed by atoms with van der Waals surface area (Å²) in [7, 11) is 0. The smallest absolute Gasteiger partial charge is 0.131 e. The van der Waals surface area contributed by atoms with Crippen LogP contribution in [-0.4, -0.2) is 33.5 Å². The van der Waals surface area contributed by atoms with Crippen LogP contribution in [0.4, 0.5) is 4.39 Å². The maximum atomic E-state index is 14.0. The first-order valence-electron chi connectivity index (χ1n) is 4.51. The summed E-state index contributed by atoms with van der Waals surface area (Å²) in [6, 6.07) is 0. The van der Waals surface area contributed by atoms with Crippen LogP contribution >= 0.6 is 0 Å². The van der Waals surface area contributed by atoms with E-state index in [4.69, 9.17) is 0 Å². The van der Waals surface area contributed by atoms with Crippen LogP contribution in [0.5, 0.6) is 0 Å². The van der Waals surface area contributed by atoms with Crippen molar-refractivity contribution in [1.82, 2.24) is 20.1 Å². The summed E-state index contributed by atoms with van der Waals surface area (Å²) < 4.78 is 15.7. The molecule has 5 heteroatoms. The fraction of sp³-hybridized carbons (Fsp3) is 0.750. The first-order valence-corrected chi connectivity index (χ1v) is 4.51. The van der Waals surface area contributed by atoms with E-state index in [1.54, 1.807) is 17.2 Å². The SMILES string of the molecule is FC1(Cn2cnnc2)CCNCC1. The first kappa shape index (κ1) is 8.62. The monoisotopic (exact) mass is 184 g/mol. The van der Waals surface area contributed by atoms with Gasteiger partial charge in [-0.1, -0.05) is 0 Å². The van der Waals surface area contributed by atoms with Crippen LogP contribution in [0.3, 0.4) is 0 Å². The van der Waals surface area contributed by atoms with Gasteiger partial charge in [-0.3, -0.25) is 0 Å². The quantitative estimate of drug-likeness (QED) is 0.722. The van der Waals surface area contributed by atoms with Crippen molar-refractivity contribution in [2.24, 2.45) is 0 Å². The van der Waals surface area contributed by atoms with Crippen molar-refractivity contribution in [2.75, 3.05) is 13.1 Å². The van der Waals surface area contributed by atoms with Gasteiger partial charge in [0.2, 0.25) is 0 Å². The van der Waals surface area contributed by atoms with Crippen molar-refractivity contribution in [1.29, 1.82) is 0 Å². The van der Waals surface area contributed by atoms with Crippen molar-refractivity contribution in [3.8, 4) is 0 Å². The minimum atomic E-state index is -1.08. The van der Waals surface area contributed by atoms with E-state index in [1.165, 1.54) is 0 Å². The van der Waals surface area contributed by atoms with E-state index in [9.17, 15) is 4.39 Å². The molecule has 72 valence electrons. The molecule has 0 radical (unpaired) electrons. The number of aromatic nitrogens is 3. The van der Waals surface area contributed by atoms with Crippen LogP contribution in [0.15, 0.2) is 12.7 Å². The van der Waals surface area contributed by atoms with Crippen molar-refractivity contribution >= 4 is 0 Å². The second kappa shape index (κ2) is 3.41. The molecule has 0 amide bonds. The minimum absolute atomic E-state index is 0.377. The molecule has 0 aliphatic carbocycles. The number of alkyl halides is 1. The van der Waals surface area contributed by atoms with Crippen molar-refractivity contribution in [3.05, 3.63) is 12.7 Å². The molecule has 1 aromatic heterocycles. The molecule has 4 nitrogen and oxygen atoms in total. The molecule has 1 fully saturated rings. The molecule has 1 aliphatic heterocycles. The molecule has 13 heavy (non-hydrogen) atoms. The molecule has 1 aliphatic rings. The Morgan fingerprint density at radius 2 is 1.92 bits per heavy atom. The Bertz CT molecular complexity index is 253. The molecule has 2 rings (SSSR count). The highest BCUT2D eigenvalue weighted by atomic mass is 19.1. The zero-order valence-electron chi connectivity index (χ0n) is 7.41.